The van der Waals surface area contributed by atoms with Gasteiger partial charge in [-0.2, -0.15) is 0 Å². The summed E-state index contributed by atoms with van der Waals surface area (Å²) in [6.07, 6.45) is 5.81. The van der Waals surface area contributed by atoms with Crippen LogP contribution in [0.2, 0.25) is 0 Å². The minimum Gasteiger partial charge on any atom is -0.314 e. The van der Waals surface area contributed by atoms with Crippen molar-refractivity contribution in [2.75, 3.05) is 19.6 Å². The van der Waals surface area contributed by atoms with Crippen LogP contribution in [0.3, 0.4) is 0 Å². The minimum absolute atomic E-state index is 0.354. The number of piperazine rings is 1. The zero-order valence-electron chi connectivity index (χ0n) is 13.3. The molecule has 5 heteroatoms. The summed E-state index contributed by atoms with van der Waals surface area (Å²) in [5.74, 6) is 0. The molecular weight excluding hydrogens is 286 g/mol. The van der Waals surface area contributed by atoms with Crippen LogP contribution < -0.4 is 5.32 Å². The minimum atomic E-state index is 0.354. The molecule has 1 aliphatic heterocycles. The molecule has 23 heavy (non-hydrogen) atoms. The Hall–Kier alpha value is -2.24. The van der Waals surface area contributed by atoms with Crippen LogP contribution in [0.15, 0.2) is 48.9 Å². The van der Waals surface area contributed by atoms with Crippen LogP contribution in [-0.2, 0) is 6.54 Å². The first-order valence-corrected chi connectivity index (χ1v) is 8.09. The third kappa shape index (κ3) is 2.73. The second kappa shape index (κ2) is 6.10. The van der Waals surface area contributed by atoms with Crippen molar-refractivity contribution >= 4 is 5.65 Å². The quantitative estimate of drug-likeness (QED) is 0.805. The Labute approximate surface area is 136 Å². The van der Waals surface area contributed by atoms with Crippen molar-refractivity contribution in [3.63, 3.8) is 0 Å². The summed E-state index contributed by atoms with van der Waals surface area (Å²) in [6, 6.07) is 10.8. The molecule has 3 aromatic heterocycles. The van der Waals surface area contributed by atoms with Gasteiger partial charge in [0.1, 0.15) is 5.65 Å². The van der Waals surface area contributed by atoms with E-state index < -0.39 is 0 Å². The molecule has 5 nitrogen and oxygen atoms in total. The fraction of sp³-hybridized carbons (Fsp3) is 0.333. The normalized spacial score (nSPS) is 19.3. The van der Waals surface area contributed by atoms with Crippen LogP contribution in [0.25, 0.3) is 5.65 Å². The number of nitrogens with one attached hydrogen (secondary N) is 1. The van der Waals surface area contributed by atoms with Crippen molar-refractivity contribution in [2.45, 2.75) is 19.5 Å². The lowest BCUT2D eigenvalue weighted by atomic mass is 10.1. The van der Waals surface area contributed by atoms with Gasteiger partial charge in [-0.1, -0.05) is 12.1 Å². The average Bonchev–Trinajstić information content (AvgIpc) is 3.01. The average molecular weight is 307 g/mol. The molecule has 1 saturated heterocycles. The first-order valence-electron chi connectivity index (χ1n) is 8.09. The lowest BCUT2D eigenvalue weighted by Gasteiger charge is -2.36. The summed E-state index contributed by atoms with van der Waals surface area (Å²) in [5, 5.41) is 3.50. The predicted molar refractivity (Wildman–Crippen MR) is 90.2 cm³/mol. The van der Waals surface area contributed by atoms with E-state index in [1.54, 1.807) is 0 Å². The van der Waals surface area contributed by atoms with Gasteiger partial charge in [0.05, 0.1) is 11.9 Å². The molecule has 4 rings (SSSR count). The molecule has 1 unspecified atom stereocenters. The lowest BCUT2D eigenvalue weighted by Crippen LogP contribution is -2.45. The Kier molecular flexibility index (Phi) is 3.81. The topological polar surface area (TPSA) is 45.5 Å². The van der Waals surface area contributed by atoms with Gasteiger partial charge in [-0.25, -0.2) is 4.98 Å². The summed E-state index contributed by atoms with van der Waals surface area (Å²) >= 11 is 0. The van der Waals surface area contributed by atoms with Crippen LogP contribution >= 0.6 is 0 Å². The third-order valence-corrected chi connectivity index (χ3v) is 4.59. The second-order valence-corrected chi connectivity index (χ2v) is 6.09. The standard InChI is InChI=1S/C18H21N5/c1-14-4-2-6-18-21-11-16(23(14)18)13-22-9-8-20-12-17(22)15-5-3-7-19-10-15/h2-7,10-11,17,20H,8-9,12-13H2,1H3. The first kappa shape index (κ1) is 14.4. The Bertz CT molecular complexity index is 796. The van der Waals surface area contributed by atoms with Gasteiger partial charge < -0.3 is 9.72 Å². The first-order chi connectivity index (χ1) is 11.3. The fourth-order valence-electron chi connectivity index (χ4n) is 3.43. The van der Waals surface area contributed by atoms with Crippen molar-refractivity contribution < 1.29 is 0 Å². The summed E-state index contributed by atoms with van der Waals surface area (Å²) in [5.41, 5.74) is 4.76. The number of fused-ring (bicyclic) bond motifs is 1. The highest BCUT2D eigenvalue weighted by atomic mass is 15.2. The molecular formula is C18H21N5. The van der Waals surface area contributed by atoms with E-state index in [1.165, 1.54) is 17.0 Å². The van der Waals surface area contributed by atoms with E-state index in [9.17, 15) is 0 Å². The highest BCUT2D eigenvalue weighted by molar-refractivity contribution is 5.42. The van der Waals surface area contributed by atoms with Crippen LogP contribution in [0.4, 0.5) is 0 Å². The Morgan fingerprint density at radius 2 is 2.17 bits per heavy atom. The highest BCUT2D eigenvalue weighted by Crippen LogP contribution is 2.24. The van der Waals surface area contributed by atoms with Crippen LogP contribution in [0.1, 0.15) is 23.0 Å². The zero-order chi connectivity index (χ0) is 15.6. The van der Waals surface area contributed by atoms with Gasteiger partial charge in [-0.15, -0.1) is 0 Å². The summed E-state index contributed by atoms with van der Waals surface area (Å²) in [6.45, 7) is 6.04. The zero-order valence-corrected chi connectivity index (χ0v) is 13.3. The van der Waals surface area contributed by atoms with Crippen molar-refractivity contribution in [3.8, 4) is 0 Å². The smallest absolute Gasteiger partial charge is 0.137 e. The molecule has 0 spiro atoms. The predicted octanol–water partition coefficient (Wildman–Crippen LogP) is 2.18. The van der Waals surface area contributed by atoms with E-state index in [0.717, 1.165) is 31.8 Å². The second-order valence-electron chi connectivity index (χ2n) is 6.09. The van der Waals surface area contributed by atoms with E-state index in [0.29, 0.717) is 6.04 Å². The molecule has 0 radical (unpaired) electrons. The molecule has 1 N–H and O–H groups in total. The molecule has 0 aliphatic carbocycles. The number of rotatable bonds is 3. The van der Waals surface area contributed by atoms with Gasteiger partial charge in [0.25, 0.3) is 0 Å². The molecule has 3 aromatic rings. The SMILES string of the molecule is Cc1cccc2ncc(CN3CCNCC3c3cccnc3)n12. The number of imidazole rings is 1. The Morgan fingerprint density at radius 1 is 1.22 bits per heavy atom. The molecule has 118 valence electrons. The van der Waals surface area contributed by atoms with Crippen molar-refractivity contribution in [1.29, 1.82) is 0 Å². The molecule has 1 atom stereocenters. The van der Waals surface area contributed by atoms with Gasteiger partial charge in [0.2, 0.25) is 0 Å². The number of aromatic nitrogens is 3. The number of pyridine rings is 2. The number of aryl methyl sites for hydroxylation is 1. The van der Waals surface area contributed by atoms with E-state index in [1.807, 2.05) is 24.7 Å². The third-order valence-electron chi connectivity index (χ3n) is 4.59. The molecule has 1 fully saturated rings. The van der Waals surface area contributed by atoms with Crippen LogP contribution in [0.5, 0.6) is 0 Å². The fourth-order valence-corrected chi connectivity index (χ4v) is 3.43. The van der Waals surface area contributed by atoms with Gasteiger partial charge in [0.15, 0.2) is 0 Å². The summed E-state index contributed by atoms with van der Waals surface area (Å²) in [7, 11) is 0. The van der Waals surface area contributed by atoms with Crippen LogP contribution in [-0.4, -0.2) is 38.9 Å². The van der Waals surface area contributed by atoms with Crippen molar-refractivity contribution in [3.05, 3.63) is 65.9 Å². The maximum Gasteiger partial charge on any atom is 0.137 e. The summed E-state index contributed by atoms with van der Waals surface area (Å²) in [4.78, 5) is 11.4. The Balaban J connectivity index is 1.65. The van der Waals surface area contributed by atoms with E-state index >= 15 is 0 Å². The molecule has 0 amide bonds. The van der Waals surface area contributed by atoms with Gasteiger partial charge in [-0.3, -0.25) is 9.88 Å². The number of nitrogens with zero attached hydrogens (tertiary/aromatic N) is 4. The van der Waals surface area contributed by atoms with Crippen molar-refractivity contribution in [2.24, 2.45) is 0 Å². The number of hydrogen-bond acceptors (Lipinski definition) is 4. The maximum absolute atomic E-state index is 4.55. The lowest BCUT2D eigenvalue weighted by molar-refractivity contribution is 0.151. The maximum atomic E-state index is 4.55. The van der Waals surface area contributed by atoms with Gasteiger partial charge in [0, 0.05) is 50.3 Å². The monoisotopic (exact) mass is 307 g/mol. The molecule has 1 aliphatic rings. The largest absolute Gasteiger partial charge is 0.314 e. The van der Waals surface area contributed by atoms with Crippen molar-refractivity contribution in [1.82, 2.24) is 24.6 Å². The van der Waals surface area contributed by atoms with E-state index in [-0.39, 0.29) is 0 Å². The molecule has 0 aromatic carbocycles. The molecule has 4 heterocycles. The van der Waals surface area contributed by atoms with E-state index in [4.69, 9.17) is 0 Å². The molecule has 0 bridgehead atoms. The Morgan fingerprint density at radius 3 is 3.04 bits per heavy atom. The summed E-state index contributed by atoms with van der Waals surface area (Å²) < 4.78 is 2.25. The highest BCUT2D eigenvalue weighted by Gasteiger charge is 2.24. The number of hydrogen-bond donors (Lipinski definition) is 1. The van der Waals surface area contributed by atoms with Gasteiger partial charge in [-0.05, 0) is 30.7 Å². The van der Waals surface area contributed by atoms with E-state index in [2.05, 4.69) is 55.8 Å². The van der Waals surface area contributed by atoms with Crippen LogP contribution in [0, 0.1) is 6.92 Å². The molecule has 0 saturated carbocycles. The van der Waals surface area contributed by atoms with Gasteiger partial charge >= 0.3 is 0 Å².